The highest BCUT2D eigenvalue weighted by atomic mass is 19.1. The molecule has 1 N–H and O–H groups in total. The molecule has 106 valence electrons. The summed E-state index contributed by atoms with van der Waals surface area (Å²) < 4.78 is 19.0. The molecule has 0 saturated carbocycles. The SMILES string of the molecule is COc1ccc(C(C)N[C@H](C)c2cccnc2)c(F)c1. The number of ether oxygens (including phenoxy) is 1. The molecule has 0 fully saturated rings. The van der Waals surface area contributed by atoms with Crippen molar-refractivity contribution in [3.63, 3.8) is 0 Å². The number of nitrogens with one attached hydrogen (secondary N) is 1. The predicted octanol–water partition coefficient (Wildman–Crippen LogP) is 3.64. The van der Waals surface area contributed by atoms with Gasteiger partial charge < -0.3 is 10.1 Å². The van der Waals surface area contributed by atoms with Crippen LogP contribution in [0.4, 0.5) is 4.39 Å². The van der Waals surface area contributed by atoms with Crippen LogP contribution in [-0.4, -0.2) is 12.1 Å². The number of benzene rings is 1. The van der Waals surface area contributed by atoms with Crippen molar-refractivity contribution in [3.05, 3.63) is 59.7 Å². The Morgan fingerprint density at radius 2 is 2.00 bits per heavy atom. The van der Waals surface area contributed by atoms with Crippen LogP contribution in [0.5, 0.6) is 5.75 Å². The van der Waals surface area contributed by atoms with Gasteiger partial charge in [0.15, 0.2) is 0 Å². The molecule has 0 amide bonds. The van der Waals surface area contributed by atoms with Crippen LogP contribution < -0.4 is 10.1 Å². The first-order chi connectivity index (χ1) is 9.61. The van der Waals surface area contributed by atoms with Crippen LogP contribution in [-0.2, 0) is 0 Å². The van der Waals surface area contributed by atoms with Crippen molar-refractivity contribution in [2.45, 2.75) is 25.9 Å². The van der Waals surface area contributed by atoms with E-state index in [-0.39, 0.29) is 17.9 Å². The van der Waals surface area contributed by atoms with E-state index in [9.17, 15) is 4.39 Å². The van der Waals surface area contributed by atoms with Gasteiger partial charge >= 0.3 is 0 Å². The lowest BCUT2D eigenvalue weighted by Crippen LogP contribution is -2.23. The maximum atomic E-state index is 14.0. The van der Waals surface area contributed by atoms with Crippen LogP contribution in [0.3, 0.4) is 0 Å². The molecule has 1 aromatic carbocycles. The molecule has 20 heavy (non-hydrogen) atoms. The second-order valence-corrected chi connectivity index (χ2v) is 4.78. The van der Waals surface area contributed by atoms with E-state index in [1.54, 1.807) is 18.3 Å². The predicted molar refractivity (Wildman–Crippen MR) is 77.2 cm³/mol. The van der Waals surface area contributed by atoms with Gasteiger partial charge in [0.1, 0.15) is 11.6 Å². The Morgan fingerprint density at radius 1 is 1.20 bits per heavy atom. The first-order valence-electron chi connectivity index (χ1n) is 6.61. The van der Waals surface area contributed by atoms with Crippen molar-refractivity contribution in [2.24, 2.45) is 0 Å². The number of aromatic nitrogens is 1. The molecular formula is C16H19FN2O. The molecule has 3 nitrogen and oxygen atoms in total. The third-order valence-corrected chi connectivity index (χ3v) is 3.36. The highest BCUT2D eigenvalue weighted by Crippen LogP contribution is 2.24. The van der Waals surface area contributed by atoms with Gasteiger partial charge in [-0.05, 0) is 31.5 Å². The van der Waals surface area contributed by atoms with E-state index < -0.39 is 0 Å². The van der Waals surface area contributed by atoms with Gasteiger partial charge in [-0.1, -0.05) is 12.1 Å². The quantitative estimate of drug-likeness (QED) is 0.903. The maximum absolute atomic E-state index is 14.0. The van der Waals surface area contributed by atoms with E-state index in [1.165, 1.54) is 13.2 Å². The van der Waals surface area contributed by atoms with Crippen LogP contribution >= 0.6 is 0 Å². The Labute approximate surface area is 118 Å². The molecule has 1 unspecified atom stereocenters. The lowest BCUT2D eigenvalue weighted by Gasteiger charge is -2.21. The van der Waals surface area contributed by atoms with E-state index in [2.05, 4.69) is 10.3 Å². The molecule has 0 aliphatic rings. The van der Waals surface area contributed by atoms with Crippen molar-refractivity contribution in [2.75, 3.05) is 7.11 Å². The van der Waals surface area contributed by atoms with E-state index in [1.807, 2.05) is 32.2 Å². The smallest absolute Gasteiger partial charge is 0.131 e. The summed E-state index contributed by atoms with van der Waals surface area (Å²) in [7, 11) is 1.53. The summed E-state index contributed by atoms with van der Waals surface area (Å²) in [5.74, 6) is 0.265. The molecule has 0 bridgehead atoms. The largest absolute Gasteiger partial charge is 0.497 e. The van der Waals surface area contributed by atoms with E-state index in [0.29, 0.717) is 11.3 Å². The first-order valence-corrected chi connectivity index (χ1v) is 6.61. The molecule has 0 saturated heterocycles. The minimum absolute atomic E-state index is 0.0974. The number of methoxy groups -OCH3 is 1. The van der Waals surface area contributed by atoms with Crippen LogP contribution in [0, 0.1) is 5.82 Å². The number of halogens is 1. The van der Waals surface area contributed by atoms with Crippen LogP contribution in [0.25, 0.3) is 0 Å². The molecule has 0 radical (unpaired) electrons. The zero-order valence-corrected chi connectivity index (χ0v) is 11.9. The fourth-order valence-electron chi connectivity index (χ4n) is 2.18. The lowest BCUT2D eigenvalue weighted by atomic mass is 10.0. The monoisotopic (exact) mass is 274 g/mol. The average Bonchev–Trinajstić information content (AvgIpc) is 2.47. The van der Waals surface area contributed by atoms with Crippen LogP contribution in [0.15, 0.2) is 42.7 Å². The van der Waals surface area contributed by atoms with Gasteiger partial charge in [0.05, 0.1) is 7.11 Å². The molecule has 2 atom stereocenters. The van der Waals surface area contributed by atoms with Gasteiger partial charge in [0, 0.05) is 36.1 Å². The number of hydrogen-bond acceptors (Lipinski definition) is 3. The zero-order valence-electron chi connectivity index (χ0n) is 11.9. The van der Waals surface area contributed by atoms with Crippen LogP contribution in [0.2, 0.25) is 0 Å². The summed E-state index contributed by atoms with van der Waals surface area (Å²) in [5, 5.41) is 3.37. The lowest BCUT2D eigenvalue weighted by molar-refractivity contribution is 0.408. The minimum Gasteiger partial charge on any atom is -0.497 e. The Morgan fingerprint density at radius 3 is 2.60 bits per heavy atom. The number of pyridine rings is 1. The van der Waals surface area contributed by atoms with E-state index >= 15 is 0 Å². The van der Waals surface area contributed by atoms with Gasteiger partial charge in [-0.15, -0.1) is 0 Å². The Kier molecular flexibility index (Phi) is 4.69. The van der Waals surface area contributed by atoms with Crippen molar-refractivity contribution < 1.29 is 9.13 Å². The fraction of sp³-hybridized carbons (Fsp3) is 0.312. The van der Waals surface area contributed by atoms with Crippen LogP contribution in [0.1, 0.15) is 37.1 Å². The summed E-state index contributed by atoms with van der Waals surface area (Å²) >= 11 is 0. The second-order valence-electron chi connectivity index (χ2n) is 4.78. The third-order valence-electron chi connectivity index (χ3n) is 3.36. The summed E-state index contributed by atoms with van der Waals surface area (Å²) in [6.07, 6.45) is 3.55. The third kappa shape index (κ3) is 3.33. The Balaban J connectivity index is 2.10. The molecule has 0 aliphatic carbocycles. The summed E-state index contributed by atoms with van der Waals surface area (Å²) in [4.78, 5) is 4.10. The van der Waals surface area contributed by atoms with Gasteiger partial charge in [-0.3, -0.25) is 4.98 Å². The second kappa shape index (κ2) is 6.48. The normalized spacial score (nSPS) is 13.8. The van der Waals surface area contributed by atoms with Crippen molar-refractivity contribution in [3.8, 4) is 5.75 Å². The first kappa shape index (κ1) is 14.5. The van der Waals surface area contributed by atoms with Gasteiger partial charge in [-0.25, -0.2) is 4.39 Å². The molecular weight excluding hydrogens is 255 g/mol. The number of rotatable bonds is 5. The van der Waals surface area contributed by atoms with Gasteiger partial charge in [0.2, 0.25) is 0 Å². The molecule has 2 rings (SSSR count). The Bertz CT molecular complexity index is 560. The van der Waals surface area contributed by atoms with Crippen molar-refractivity contribution in [1.29, 1.82) is 0 Å². The molecule has 2 aromatic rings. The summed E-state index contributed by atoms with van der Waals surface area (Å²) in [6.45, 7) is 3.98. The van der Waals surface area contributed by atoms with E-state index in [4.69, 9.17) is 4.74 Å². The molecule has 4 heteroatoms. The minimum atomic E-state index is -0.261. The zero-order chi connectivity index (χ0) is 14.5. The highest BCUT2D eigenvalue weighted by molar-refractivity contribution is 5.30. The average molecular weight is 274 g/mol. The molecule has 1 heterocycles. The van der Waals surface area contributed by atoms with Gasteiger partial charge in [-0.2, -0.15) is 0 Å². The molecule has 0 aliphatic heterocycles. The molecule has 0 spiro atoms. The fourth-order valence-corrected chi connectivity index (χ4v) is 2.18. The Hall–Kier alpha value is -1.94. The maximum Gasteiger partial charge on any atom is 0.131 e. The van der Waals surface area contributed by atoms with Crippen molar-refractivity contribution in [1.82, 2.24) is 10.3 Å². The molecule has 1 aromatic heterocycles. The topological polar surface area (TPSA) is 34.1 Å². The number of nitrogens with zero attached hydrogens (tertiary/aromatic N) is 1. The highest BCUT2D eigenvalue weighted by Gasteiger charge is 2.15. The standard InChI is InChI=1S/C16H19FN2O/c1-11(13-5-4-8-18-10-13)19-12(2)15-7-6-14(20-3)9-16(15)17/h4-12,19H,1-3H3/t11-,12?/m1/s1. The number of hydrogen-bond donors (Lipinski definition) is 1. The summed E-state index contributed by atoms with van der Waals surface area (Å²) in [6, 6.07) is 8.82. The summed E-state index contributed by atoms with van der Waals surface area (Å²) in [5.41, 5.74) is 1.70. The van der Waals surface area contributed by atoms with E-state index in [0.717, 1.165) is 5.56 Å². The van der Waals surface area contributed by atoms with Crippen molar-refractivity contribution >= 4 is 0 Å². The van der Waals surface area contributed by atoms with Gasteiger partial charge in [0.25, 0.3) is 0 Å².